The molecular weight excluding hydrogens is 236 g/mol. The van der Waals surface area contributed by atoms with E-state index in [1.807, 2.05) is 4.90 Å². The standard InChI is InChI=1S/C11H14N4O3/c12-10(16)8-1-2-9(13-7-8)14-3-5-15(6-4-14)11(17)18/h1-2,7H,3-6H2,(H2,12,16)(H,17,18). The predicted octanol–water partition coefficient (Wildman–Crippen LogP) is -0.0195. The van der Waals surface area contributed by atoms with Gasteiger partial charge in [-0.3, -0.25) is 4.79 Å². The van der Waals surface area contributed by atoms with E-state index >= 15 is 0 Å². The highest BCUT2D eigenvalue weighted by molar-refractivity contribution is 5.92. The summed E-state index contributed by atoms with van der Waals surface area (Å²) in [5.41, 5.74) is 5.49. The molecule has 0 bridgehead atoms. The summed E-state index contributed by atoms with van der Waals surface area (Å²) in [5, 5.41) is 8.83. The summed E-state index contributed by atoms with van der Waals surface area (Å²) in [6, 6.07) is 3.34. The molecule has 2 heterocycles. The lowest BCUT2D eigenvalue weighted by molar-refractivity contribution is 0.0999. The van der Waals surface area contributed by atoms with Crippen LogP contribution in [-0.2, 0) is 0 Å². The molecule has 0 aliphatic carbocycles. The monoisotopic (exact) mass is 250 g/mol. The molecular formula is C11H14N4O3. The first-order valence-electron chi connectivity index (χ1n) is 5.56. The number of carbonyl (C=O) groups is 2. The van der Waals surface area contributed by atoms with Gasteiger partial charge >= 0.3 is 6.09 Å². The molecule has 1 aliphatic heterocycles. The number of hydrogen-bond donors (Lipinski definition) is 2. The van der Waals surface area contributed by atoms with E-state index in [9.17, 15) is 9.59 Å². The molecule has 2 amide bonds. The van der Waals surface area contributed by atoms with Crippen molar-refractivity contribution in [2.75, 3.05) is 31.1 Å². The van der Waals surface area contributed by atoms with Crippen molar-refractivity contribution in [3.05, 3.63) is 23.9 Å². The summed E-state index contributed by atoms with van der Waals surface area (Å²) >= 11 is 0. The van der Waals surface area contributed by atoms with Gasteiger partial charge < -0.3 is 20.6 Å². The van der Waals surface area contributed by atoms with E-state index in [1.165, 1.54) is 11.1 Å². The molecule has 7 heteroatoms. The summed E-state index contributed by atoms with van der Waals surface area (Å²) < 4.78 is 0. The molecule has 1 aromatic heterocycles. The lowest BCUT2D eigenvalue weighted by atomic mass is 10.2. The van der Waals surface area contributed by atoms with Crippen molar-refractivity contribution in [1.82, 2.24) is 9.88 Å². The molecule has 2 rings (SSSR count). The Hall–Kier alpha value is -2.31. The highest BCUT2D eigenvalue weighted by Gasteiger charge is 2.21. The van der Waals surface area contributed by atoms with E-state index in [-0.39, 0.29) is 0 Å². The third-order valence-corrected chi connectivity index (χ3v) is 2.91. The summed E-state index contributed by atoms with van der Waals surface area (Å²) in [4.78, 5) is 29.2. The minimum absolute atomic E-state index is 0.364. The lowest BCUT2D eigenvalue weighted by Gasteiger charge is -2.33. The van der Waals surface area contributed by atoms with E-state index in [2.05, 4.69) is 4.98 Å². The smallest absolute Gasteiger partial charge is 0.407 e. The first-order chi connectivity index (χ1) is 8.58. The summed E-state index contributed by atoms with van der Waals surface area (Å²) in [5.74, 6) is 0.217. The topological polar surface area (TPSA) is 99.8 Å². The third kappa shape index (κ3) is 2.50. The van der Waals surface area contributed by atoms with Crippen molar-refractivity contribution >= 4 is 17.8 Å². The largest absolute Gasteiger partial charge is 0.465 e. The van der Waals surface area contributed by atoms with Gasteiger partial charge in [-0.05, 0) is 12.1 Å². The Morgan fingerprint density at radius 1 is 1.22 bits per heavy atom. The normalized spacial score (nSPS) is 15.6. The maximum absolute atomic E-state index is 10.9. The molecule has 18 heavy (non-hydrogen) atoms. The highest BCUT2D eigenvalue weighted by atomic mass is 16.4. The number of anilines is 1. The molecule has 7 nitrogen and oxygen atoms in total. The molecule has 0 radical (unpaired) electrons. The highest BCUT2D eigenvalue weighted by Crippen LogP contribution is 2.13. The molecule has 0 spiro atoms. The van der Waals surface area contributed by atoms with Crippen LogP contribution in [0.5, 0.6) is 0 Å². The summed E-state index contributed by atoms with van der Waals surface area (Å²) in [7, 11) is 0. The number of carbonyl (C=O) groups excluding carboxylic acids is 1. The zero-order valence-corrected chi connectivity index (χ0v) is 9.74. The van der Waals surface area contributed by atoms with Crippen LogP contribution in [0.4, 0.5) is 10.6 Å². The van der Waals surface area contributed by atoms with Crippen molar-refractivity contribution < 1.29 is 14.7 Å². The van der Waals surface area contributed by atoms with Gasteiger partial charge in [0.1, 0.15) is 5.82 Å². The van der Waals surface area contributed by atoms with Crippen LogP contribution in [0.3, 0.4) is 0 Å². The van der Waals surface area contributed by atoms with Gasteiger partial charge in [0.25, 0.3) is 0 Å². The fourth-order valence-electron chi connectivity index (χ4n) is 1.85. The van der Waals surface area contributed by atoms with Crippen LogP contribution >= 0.6 is 0 Å². The number of rotatable bonds is 2. The van der Waals surface area contributed by atoms with Crippen molar-refractivity contribution in [3.63, 3.8) is 0 Å². The number of primary amides is 1. The van der Waals surface area contributed by atoms with Gasteiger partial charge in [0.2, 0.25) is 5.91 Å². The Kier molecular flexibility index (Phi) is 3.31. The number of nitrogens with zero attached hydrogens (tertiary/aromatic N) is 3. The Morgan fingerprint density at radius 2 is 1.89 bits per heavy atom. The van der Waals surface area contributed by atoms with Crippen molar-refractivity contribution in [2.24, 2.45) is 5.73 Å². The molecule has 0 saturated carbocycles. The van der Waals surface area contributed by atoms with Crippen LogP contribution in [0.25, 0.3) is 0 Å². The minimum atomic E-state index is -0.897. The van der Waals surface area contributed by atoms with E-state index in [0.29, 0.717) is 31.7 Å². The second-order valence-electron chi connectivity index (χ2n) is 4.03. The van der Waals surface area contributed by atoms with Gasteiger partial charge in [0, 0.05) is 32.4 Å². The molecule has 0 atom stereocenters. The maximum atomic E-state index is 10.9. The van der Waals surface area contributed by atoms with E-state index in [1.54, 1.807) is 12.1 Å². The van der Waals surface area contributed by atoms with Gasteiger partial charge in [-0.15, -0.1) is 0 Å². The third-order valence-electron chi connectivity index (χ3n) is 2.91. The van der Waals surface area contributed by atoms with Crippen LogP contribution in [0.2, 0.25) is 0 Å². The molecule has 96 valence electrons. The summed E-state index contributed by atoms with van der Waals surface area (Å²) in [6.45, 7) is 2.09. The number of nitrogens with two attached hydrogens (primary N) is 1. The number of hydrogen-bond acceptors (Lipinski definition) is 4. The number of aromatic nitrogens is 1. The number of piperazine rings is 1. The van der Waals surface area contributed by atoms with Crippen molar-refractivity contribution in [2.45, 2.75) is 0 Å². The molecule has 1 fully saturated rings. The number of carboxylic acid groups (broad SMARTS) is 1. The Morgan fingerprint density at radius 3 is 2.33 bits per heavy atom. The van der Waals surface area contributed by atoms with Gasteiger partial charge in [0.15, 0.2) is 0 Å². The van der Waals surface area contributed by atoms with Crippen LogP contribution in [0.15, 0.2) is 18.3 Å². The van der Waals surface area contributed by atoms with Crippen molar-refractivity contribution in [1.29, 1.82) is 0 Å². The maximum Gasteiger partial charge on any atom is 0.407 e. The van der Waals surface area contributed by atoms with Crippen molar-refractivity contribution in [3.8, 4) is 0 Å². The van der Waals surface area contributed by atoms with E-state index in [0.717, 1.165) is 5.82 Å². The number of pyridine rings is 1. The quantitative estimate of drug-likeness (QED) is 0.768. The average molecular weight is 250 g/mol. The fourth-order valence-corrected chi connectivity index (χ4v) is 1.85. The van der Waals surface area contributed by atoms with Crippen LogP contribution in [0, 0.1) is 0 Å². The van der Waals surface area contributed by atoms with Gasteiger partial charge in [-0.2, -0.15) is 0 Å². The van der Waals surface area contributed by atoms with Crippen LogP contribution < -0.4 is 10.6 Å². The second-order valence-corrected chi connectivity index (χ2v) is 4.03. The Bertz CT molecular complexity index is 452. The Labute approximate surface area is 104 Å². The lowest BCUT2D eigenvalue weighted by Crippen LogP contribution is -2.48. The van der Waals surface area contributed by atoms with Gasteiger partial charge in [0.05, 0.1) is 5.56 Å². The summed E-state index contributed by atoms with van der Waals surface area (Å²) in [6.07, 6.45) is 0.535. The molecule has 1 aromatic rings. The van der Waals surface area contributed by atoms with Crippen LogP contribution in [-0.4, -0.2) is 53.2 Å². The molecule has 0 unspecified atom stereocenters. The van der Waals surface area contributed by atoms with Gasteiger partial charge in [-0.1, -0.05) is 0 Å². The second kappa shape index (κ2) is 4.91. The predicted molar refractivity (Wildman–Crippen MR) is 64.6 cm³/mol. The minimum Gasteiger partial charge on any atom is -0.465 e. The SMILES string of the molecule is NC(=O)c1ccc(N2CCN(C(=O)O)CC2)nc1. The molecule has 1 saturated heterocycles. The first-order valence-corrected chi connectivity index (χ1v) is 5.56. The van der Waals surface area contributed by atoms with Crippen LogP contribution in [0.1, 0.15) is 10.4 Å². The van der Waals surface area contributed by atoms with E-state index < -0.39 is 12.0 Å². The Balaban J connectivity index is 2.01. The average Bonchev–Trinajstić information content (AvgIpc) is 2.39. The number of amides is 2. The first kappa shape index (κ1) is 12.2. The zero-order valence-electron chi connectivity index (χ0n) is 9.74. The molecule has 3 N–H and O–H groups in total. The molecule has 1 aliphatic rings. The molecule has 0 aromatic carbocycles. The zero-order chi connectivity index (χ0) is 13.1. The van der Waals surface area contributed by atoms with Gasteiger partial charge in [-0.25, -0.2) is 9.78 Å². The fraction of sp³-hybridized carbons (Fsp3) is 0.364. The van der Waals surface area contributed by atoms with E-state index in [4.69, 9.17) is 10.8 Å².